The summed E-state index contributed by atoms with van der Waals surface area (Å²) in [6.45, 7) is 1.40. The van der Waals surface area contributed by atoms with Crippen molar-refractivity contribution in [2.24, 2.45) is 0 Å². The highest BCUT2D eigenvalue weighted by Gasteiger charge is 2.23. The van der Waals surface area contributed by atoms with Gasteiger partial charge in [-0.15, -0.1) is 0 Å². The fourth-order valence-electron chi connectivity index (χ4n) is 2.70. The molecule has 1 saturated heterocycles. The fourth-order valence-corrected chi connectivity index (χ4v) is 3.00. The Balaban J connectivity index is 1.92. The van der Waals surface area contributed by atoms with Crippen molar-refractivity contribution in [2.45, 2.75) is 31.7 Å². The van der Waals surface area contributed by atoms with E-state index in [1.54, 1.807) is 18.2 Å². The van der Waals surface area contributed by atoms with E-state index in [1.165, 1.54) is 0 Å². The second kappa shape index (κ2) is 7.99. The molecule has 0 spiro atoms. The van der Waals surface area contributed by atoms with Crippen LogP contribution in [-0.4, -0.2) is 41.7 Å². The Hall–Kier alpha value is -0.810. The van der Waals surface area contributed by atoms with Gasteiger partial charge in [0.2, 0.25) is 5.91 Å². The van der Waals surface area contributed by atoms with Crippen molar-refractivity contribution in [1.82, 2.24) is 4.90 Å². The second-order valence-electron chi connectivity index (χ2n) is 5.31. The first-order valence-electron chi connectivity index (χ1n) is 7.20. The number of anilines is 1. The van der Waals surface area contributed by atoms with Gasteiger partial charge in [-0.05, 0) is 44.0 Å². The zero-order valence-corrected chi connectivity index (χ0v) is 13.3. The number of nitrogens with zero attached hydrogens (tertiary/aromatic N) is 1. The molecule has 1 aromatic carbocycles. The van der Waals surface area contributed by atoms with Crippen LogP contribution in [0.25, 0.3) is 0 Å². The van der Waals surface area contributed by atoms with E-state index in [1.807, 2.05) is 0 Å². The molecule has 0 saturated carbocycles. The maximum atomic E-state index is 12.1. The third kappa shape index (κ3) is 4.85. The minimum Gasteiger partial charge on any atom is -0.396 e. The van der Waals surface area contributed by atoms with E-state index in [9.17, 15) is 4.79 Å². The first-order valence-corrected chi connectivity index (χ1v) is 7.95. The van der Waals surface area contributed by atoms with Gasteiger partial charge in [-0.1, -0.05) is 29.6 Å². The SMILES string of the molecule is O=C(CN1CCCCC1CCO)Nc1ccc(Cl)c(Cl)c1. The number of hydrogen-bond acceptors (Lipinski definition) is 3. The Morgan fingerprint density at radius 3 is 2.86 bits per heavy atom. The largest absolute Gasteiger partial charge is 0.396 e. The smallest absolute Gasteiger partial charge is 0.238 e. The van der Waals surface area contributed by atoms with Gasteiger partial charge in [0, 0.05) is 18.3 Å². The van der Waals surface area contributed by atoms with Crippen molar-refractivity contribution in [3.63, 3.8) is 0 Å². The molecule has 1 fully saturated rings. The van der Waals surface area contributed by atoms with Crippen LogP contribution in [0.5, 0.6) is 0 Å². The third-order valence-electron chi connectivity index (χ3n) is 3.76. The number of carbonyl (C=O) groups excluding carboxylic acids is 1. The normalized spacial score (nSPS) is 19.5. The second-order valence-corrected chi connectivity index (χ2v) is 6.12. The van der Waals surface area contributed by atoms with Crippen LogP contribution in [0.15, 0.2) is 18.2 Å². The quantitative estimate of drug-likeness (QED) is 0.871. The van der Waals surface area contributed by atoms with E-state index in [0.717, 1.165) is 32.2 Å². The van der Waals surface area contributed by atoms with Crippen molar-refractivity contribution in [2.75, 3.05) is 25.0 Å². The Bertz CT molecular complexity index is 495. The molecular formula is C15H20Cl2N2O2. The number of halogens is 2. The first kappa shape index (κ1) is 16.6. The van der Waals surface area contributed by atoms with Crippen LogP contribution in [0.1, 0.15) is 25.7 Å². The molecule has 2 rings (SSSR count). The molecule has 4 nitrogen and oxygen atoms in total. The average molecular weight is 331 g/mol. The molecule has 1 aliphatic heterocycles. The van der Waals surface area contributed by atoms with Gasteiger partial charge in [-0.3, -0.25) is 9.69 Å². The van der Waals surface area contributed by atoms with Crippen LogP contribution < -0.4 is 5.32 Å². The number of likely N-dealkylation sites (tertiary alicyclic amines) is 1. The monoisotopic (exact) mass is 330 g/mol. The number of rotatable bonds is 5. The molecule has 0 aromatic heterocycles. The summed E-state index contributed by atoms with van der Waals surface area (Å²) in [6.07, 6.45) is 4.03. The van der Waals surface area contributed by atoms with Gasteiger partial charge in [0.15, 0.2) is 0 Å². The van der Waals surface area contributed by atoms with E-state index in [2.05, 4.69) is 10.2 Å². The van der Waals surface area contributed by atoms with E-state index in [0.29, 0.717) is 28.3 Å². The number of amides is 1. The third-order valence-corrected chi connectivity index (χ3v) is 4.50. The number of carbonyl (C=O) groups is 1. The van der Waals surface area contributed by atoms with Crippen LogP contribution in [0.4, 0.5) is 5.69 Å². The lowest BCUT2D eigenvalue weighted by molar-refractivity contribution is -0.118. The predicted octanol–water partition coefficient (Wildman–Crippen LogP) is 3.17. The molecule has 116 valence electrons. The highest BCUT2D eigenvalue weighted by Crippen LogP contribution is 2.25. The summed E-state index contributed by atoms with van der Waals surface area (Å²) >= 11 is 11.8. The first-order chi connectivity index (χ1) is 10.1. The zero-order chi connectivity index (χ0) is 15.2. The minimum absolute atomic E-state index is 0.0711. The molecule has 1 aromatic rings. The summed E-state index contributed by atoms with van der Waals surface area (Å²) in [4.78, 5) is 14.3. The Kier molecular flexibility index (Phi) is 6.30. The summed E-state index contributed by atoms with van der Waals surface area (Å²) in [5.74, 6) is -0.0711. The fraction of sp³-hybridized carbons (Fsp3) is 0.533. The molecular weight excluding hydrogens is 311 g/mol. The molecule has 1 atom stereocenters. The van der Waals surface area contributed by atoms with Crippen molar-refractivity contribution in [1.29, 1.82) is 0 Å². The van der Waals surface area contributed by atoms with Gasteiger partial charge >= 0.3 is 0 Å². The van der Waals surface area contributed by atoms with Crippen molar-refractivity contribution < 1.29 is 9.90 Å². The summed E-state index contributed by atoms with van der Waals surface area (Å²) in [5, 5.41) is 12.8. The molecule has 21 heavy (non-hydrogen) atoms. The predicted molar refractivity (Wildman–Crippen MR) is 86.0 cm³/mol. The standard InChI is InChI=1S/C15H20Cl2N2O2/c16-13-5-4-11(9-14(13)17)18-15(21)10-19-7-2-1-3-12(19)6-8-20/h4-5,9,12,20H,1-3,6-8,10H2,(H,18,21). The number of hydrogen-bond donors (Lipinski definition) is 2. The number of benzene rings is 1. The average Bonchev–Trinajstić information content (AvgIpc) is 2.45. The maximum Gasteiger partial charge on any atom is 0.238 e. The molecule has 1 aliphatic rings. The minimum atomic E-state index is -0.0711. The lowest BCUT2D eigenvalue weighted by Crippen LogP contribution is -2.44. The molecule has 1 heterocycles. The Morgan fingerprint density at radius 1 is 1.33 bits per heavy atom. The lowest BCUT2D eigenvalue weighted by atomic mass is 10.00. The van der Waals surface area contributed by atoms with Gasteiger partial charge in [0.1, 0.15) is 0 Å². The Morgan fingerprint density at radius 2 is 2.14 bits per heavy atom. The number of aliphatic hydroxyl groups excluding tert-OH is 1. The molecule has 1 amide bonds. The highest BCUT2D eigenvalue weighted by atomic mass is 35.5. The molecule has 0 radical (unpaired) electrons. The van der Waals surface area contributed by atoms with E-state index in [4.69, 9.17) is 28.3 Å². The van der Waals surface area contributed by atoms with Gasteiger partial charge in [0.25, 0.3) is 0 Å². The molecule has 6 heteroatoms. The van der Waals surface area contributed by atoms with E-state index >= 15 is 0 Å². The topological polar surface area (TPSA) is 52.6 Å². The van der Waals surface area contributed by atoms with Crippen molar-refractivity contribution >= 4 is 34.8 Å². The number of aliphatic hydroxyl groups is 1. The van der Waals surface area contributed by atoms with Gasteiger partial charge < -0.3 is 10.4 Å². The summed E-state index contributed by atoms with van der Waals surface area (Å²) in [5.41, 5.74) is 0.644. The van der Waals surface area contributed by atoms with Gasteiger partial charge in [-0.2, -0.15) is 0 Å². The van der Waals surface area contributed by atoms with Crippen LogP contribution in [0.3, 0.4) is 0 Å². The van der Waals surface area contributed by atoms with Crippen LogP contribution in [0.2, 0.25) is 10.0 Å². The van der Waals surface area contributed by atoms with Crippen LogP contribution in [0, 0.1) is 0 Å². The van der Waals surface area contributed by atoms with E-state index in [-0.39, 0.29) is 12.5 Å². The summed E-state index contributed by atoms with van der Waals surface area (Å²) in [6, 6.07) is 5.33. The number of piperidine rings is 1. The zero-order valence-electron chi connectivity index (χ0n) is 11.8. The number of nitrogens with one attached hydrogen (secondary N) is 1. The summed E-state index contributed by atoms with van der Waals surface area (Å²) in [7, 11) is 0. The van der Waals surface area contributed by atoms with Crippen LogP contribution >= 0.6 is 23.2 Å². The Labute approximate surface area is 135 Å². The molecule has 0 aliphatic carbocycles. The highest BCUT2D eigenvalue weighted by molar-refractivity contribution is 6.42. The lowest BCUT2D eigenvalue weighted by Gasteiger charge is -2.34. The van der Waals surface area contributed by atoms with Crippen molar-refractivity contribution in [3.8, 4) is 0 Å². The van der Waals surface area contributed by atoms with Gasteiger partial charge in [-0.25, -0.2) is 0 Å². The molecule has 2 N–H and O–H groups in total. The molecule has 0 bridgehead atoms. The van der Waals surface area contributed by atoms with Gasteiger partial charge in [0.05, 0.1) is 16.6 Å². The van der Waals surface area contributed by atoms with Crippen LogP contribution in [-0.2, 0) is 4.79 Å². The molecule has 1 unspecified atom stereocenters. The van der Waals surface area contributed by atoms with Crippen molar-refractivity contribution in [3.05, 3.63) is 28.2 Å². The van der Waals surface area contributed by atoms with E-state index < -0.39 is 0 Å². The maximum absolute atomic E-state index is 12.1. The summed E-state index contributed by atoms with van der Waals surface area (Å²) < 4.78 is 0.